The number of pyridine rings is 1. The molecule has 3 nitrogen and oxygen atoms in total. The first kappa shape index (κ1) is 14.8. The van der Waals surface area contributed by atoms with Gasteiger partial charge >= 0.3 is 6.18 Å². The number of hydrogen-bond acceptors (Lipinski definition) is 2. The molecule has 6 heteroatoms. The Labute approximate surface area is 115 Å². The van der Waals surface area contributed by atoms with Crippen LogP contribution in [0.25, 0.3) is 0 Å². The van der Waals surface area contributed by atoms with Gasteiger partial charge in [-0.25, -0.2) is 0 Å². The highest BCUT2D eigenvalue weighted by Gasteiger charge is 2.61. The van der Waals surface area contributed by atoms with Crippen molar-refractivity contribution < 1.29 is 18.0 Å². The maximum atomic E-state index is 13.5. The molecule has 1 fully saturated rings. The summed E-state index contributed by atoms with van der Waals surface area (Å²) in [7, 11) is 0. The van der Waals surface area contributed by atoms with Crippen molar-refractivity contribution in [2.45, 2.75) is 44.3 Å². The number of halogens is 3. The Morgan fingerprint density at radius 2 is 2.20 bits per heavy atom. The largest absolute Gasteiger partial charge is 0.411 e. The normalized spacial score (nSPS) is 23.1. The summed E-state index contributed by atoms with van der Waals surface area (Å²) in [4.78, 5) is 17.2. The Bertz CT molecular complexity index is 475. The van der Waals surface area contributed by atoms with Crippen LogP contribution in [0.15, 0.2) is 24.4 Å². The Morgan fingerprint density at radius 3 is 2.75 bits per heavy atom. The molecule has 1 aliphatic rings. The van der Waals surface area contributed by atoms with Gasteiger partial charge in [-0.1, -0.05) is 19.4 Å². The molecule has 1 aromatic rings. The van der Waals surface area contributed by atoms with Crippen LogP contribution in [0.5, 0.6) is 0 Å². The summed E-state index contributed by atoms with van der Waals surface area (Å²) in [6.45, 7) is 1.84. The van der Waals surface area contributed by atoms with E-state index in [0.29, 0.717) is 12.8 Å². The minimum absolute atomic E-state index is 0.0249. The van der Waals surface area contributed by atoms with Crippen LogP contribution in [-0.4, -0.2) is 34.1 Å². The van der Waals surface area contributed by atoms with Crippen molar-refractivity contribution in [2.24, 2.45) is 0 Å². The molecule has 0 aromatic carbocycles. The summed E-state index contributed by atoms with van der Waals surface area (Å²) in [6.07, 6.45) is -2.33. The molecule has 1 aliphatic heterocycles. The second-order valence-corrected chi connectivity index (χ2v) is 5.05. The zero-order valence-corrected chi connectivity index (χ0v) is 11.3. The van der Waals surface area contributed by atoms with Crippen molar-refractivity contribution in [3.05, 3.63) is 30.1 Å². The van der Waals surface area contributed by atoms with E-state index in [9.17, 15) is 18.0 Å². The van der Waals surface area contributed by atoms with E-state index >= 15 is 0 Å². The first-order valence-electron chi connectivity index (χ1n) is 6.72. The van der Waals surface area contributed by atoms with Crippen LogP contribution in [0.2, 0.25) is 0 Å². The Balaban J connectivity index is 2.36. The lowest BCUT2D eigenvalue weighted by atomic mass is 9.89. The summed E-state index contributed by atoms with van der Waals surface area (Å²) in [5.41, 5.74) is -1.96. The van der Waals surface area contributed by atoms with Crippen molar-refractivity contribution in [3.8, 4) is 0 Å². The molecular weight excluding hydrogens is 269 g/mol. The van der Waals surface area contributed by atoms with Crippen molar-refractivity contribution in [2.75, 3.05) is 6.54 Å². The van der Waals surface area contributed by atoms with E-state index in [1.807, 2.05) is 0 Å². The molecule has 1 aromatic heterocycles. The molecule has 0 unspecified atom stereocenters. The number of alkyl halides is 3. The van der Waals surface area contributed by atoms with E-state index in [2.05, 4.69) is 4.98 Å². The monoisotopic (exact) mass is 286 g/mol. The van der Waals surface area contributed by atoms with Crippen molar-refractivity contribution >= 4 is 5.91 Å². The fraction of sp³-hybridized carbons (Fsp3) is 0.571. The average Bonchev–Trinajstić information content (AvgIpc) is 2.84. The Kier molecular flexibility index (Phi) is 4.01. The van der Waals surface area contributed by atoms with Gasteiger partial charge in [-0.05, 0) is 31.4 Å². The molecule has 0 radical (unpaired) electrons. The number of nitrogens with zero attached hydrogens (tertiary/aromatic N) is 2. The lowest BCUT2D eigenvalue weighted by Gasteiger charge is -2.39. The molecule has 1 amide bonds. The number of hydrogen-bond donors (Lipinski definition) is 0. The Hall–Kier alpha value is -1.59. The van der Waals surface area contributed by atoms with E-state index in [0.717, 1.165) is 4.90 Å². The highest BCUT2D eigenvalue weighted by molar-refractivity contribution is 5.93. The summed E-state index contributed by atoms with van der Waals surface area (Å²) in [6, 6.07) is 4.68. The van der Waals surface area contributed by atoms with Gasteiger partial charge in [-0.3, -0.25) is 9.78 Å². The second-order valence-electron chi connectivity index (χ2n) is 5.05. The summed E-state index contributed by atoms with van der Waals surface area (Å²) >= 11 is 0. The number of carbonyl (C=O) groups excluding carboxylic acids is 1. The highest BCUT2D eigenvalue weighted by Crippen LogP contribution is 2.46. The van der Waals surface area contributed by atoms with E-state index in [1.165, 1.54) is 12.3 Å². The third-order valence-electron chi connectivity index (χ3n) is 3.81. The molecule has 110 valence electrons. The molecule has 0 bridgehead atoms. The van der Waals surface area contributed by atoms with Crippen LogP contribution in [0.3, 0.4) is 0 Å². The van der Waals surface area contributed by atoms with Gasteiger partial charge in [-0.2, -0.15) is 13.2 Å². The second kappa shape index (κ2) is 5.42. The molecule has 1 atom stereocenters. The van der Waals surface area contributed by atoms with Crippen molar-refractivity contribution in [3.63, 3.8) is 0 Å². The third-order valence-corrected chi connectivity index (χ3v) is 3.81. The number of likely N-dealkylation sites (tertiary alicyclic amines) is 1. The predicted molar refractivity (Wildman–Crippen MR) is 68.2 cm³/mol. The Morgan fingerprint density at radius 1 is 1.45 bits per heavy atom. The van der Waals surface area contributed by atoms with Crippen LogP contribution in [0, 0.1) is 0 Å². The SMILES string of the molecule is CCC[C@]1(C(F)(F)F)CCCN1C(=O)c1ccccn1. The predicted octanol–water partition coefficient (Wildman–Crippen LogP) is 3.42. The zero-order chi connectivity index (χ0) is 14.8. The number of amides is 1. The van der Waals surface area contributed by atoms with E-state index in [4.69, 9.17) is 0 Å². The average molecular weight is 286 g/mol. The molecule has 0 saturated carbocycles. The van der Waals surface area contributed by atoms with Gasteiger partial charge in [0.05, 0.1) is 0 Å². The number of rotatable bonds is 3. The number of aromatic nitrogens is 1. The molecule has 0 N–H and O–H groups in total. The molecule has 2 heterocycles. The molecule has 20 heavy (non-hydrogen) atoms. The maximum absolute atomic E-state index is 13.5. The van der Waals surface area contributed by atoms with Gasteiger partial charge in [-0.15, -0.1) is 0 Å². The third kappa shape index (κ3) is 2.39. The lowest BCUT2D eigenvalue weighted by molar-refractivity contribution is -0.217. The fourth-order valence-corrected chi connectivity index (χ4v) is 2.91. The van der Waals surface area contributed by atoms with Gasteiger partial charge < -0.3 is 4.90 Å². The molecule has 0 aliphatic carbocycles. The number of carbonyl (C=O) groups is 1. The fourth-order valence-electron chi connectivity index (χ4n) is 2.91. The van der Waals surface area contributed by atoms with E-state index in [1.54, 1.807) is 19.1 Å². The van der Waals surface area contributed by atoms with Gasteiger partial charge in [0.2, 0.25) is 0 Å². The molecule has 1 saturated heterocycles. The summed E-state index contributed by atoms with van der Waals surface area (Å²) < 4.78 is 40.5. The van der Waals surface area contributed by atoms with Crippen molar-refractivity contribution in [1.29, 1.82) is 0 Å². The van der Waals surface area contributed by atoms with Gasteiger partial charge in [0.25, 0.3) is 5.91 Å². The smallest absolute Gasteiger partial charge is 0.323 e. The standard InChI is InChI=1S/C14H17F3N2O/c1-2-7-13(14(15,16)17)8-5-10-19(13)12(20)11-6-3-4-9-18-11/h3-4,6,9H,2,5,7-8,10H2,1H3/t13-/m1/s1. The van der Waals surface area contributed by atoms with Crippen molar-refractivity contribution in [1.82, 2.24) is 9.88 Å². The highest BCUT2D eigenvalue weighted by atomic mass is 19.4. The first-order valence-corrected chi connectivity index (χ1v) is 6.72. The summed E-state index contributed by atoms with van der Waals surface area (Å²) in [5.74, 6) is -0.631. The quantitative estimate of drug-likeness (QED) is 0.853. The van der Waals surface area contributed by atoms with Crippen LogP contribution in [0.1, 0.15) is 43.1 Å². The van der Waals surface area contributed by atoms with E-state index in [-0.39, 0.29) is 25.1 Å². The van der Waals surface area contributed by atoms with Gasteiger partial charge in [0, 0.05) is 12.7 Å². The van der Waals surface area contributed by atoms with Gasteiger partial charge in [0.15, 0.2) is 0 Å². The van der Waals surface area contributed by atoms with Crippen LogP contribution < -0.4 is 0 Å². The van der Waals surface area contributed by atoms with Crippen LogP contribution >= 0.6 is 0 Å². The summed E-state index contributed by atoms with van der Waals surface area (Å²) in [5, 5.41) is 0. The van der Waals surface area contributed by atoms with Crippen LogP contribution in [-0.2, 0) is 0 Å². The molecular formula is C14H17F3N2O. The molecule has 2 rings (SSSR count). The zero-order valence-electron chi connectivity index (χ0n) is 11.3. The lowest BCUT2D eigenvalue weighted by Crippen LogP contribution is -2.57. The first-order chi connectivity index (χ1) is 9.42. The van der Waals surface area contributed by atoms with Gasteiger partial charge in [0.1, 0.15) is 11.2 Å². The minimum Gasteiger partial charge on any atom is -0.323 e. The van der Waals surface area contributed by atoms with Crippen LogP contribution in [0.4, 0.5) is 13.2 Å². The maximum Gasteiger partial charge on any atom is 0.411 e. The topological polar surface area (TPSA) is 33.2 Å². The molecule has 0 spiro atoms. The van der Waals surface area contributed by atoms with E-state index < -0.39 is 17.6 Å². The minimum atomic E-state index is -4.41.